The van der Waals surface area contributed by atoms with E-state index in [9.17, 15) is 9.59 Å². The molecule has 0 aromatic carbocycles. The molecule has 0 saturated heterocycles. The summed E-state index contributed by atoms with van der Waals surface area (Å²) < 4.78 is 0. The molecule has 2 N–H and O–H groups in total. The lowest BCUT2D eigenvalue weighted by Gasteiger charge is -1.86. The molecule has 0 bridgehead atoms. The highest BCUT2D eigenvalue weighted by molar-refractivity contribution is 7.15. The van der Waals surface area contributed by atoms with E-state index in [1.165, 1.54) is 44.6 Å². The maximum absolute atomic E-state index is 10.5. The van der Waals surface area contributed by atoms with Crippen molar-refractivity contribution in [1.29, 1.82) is 0 Å². The van der Waals surface area contributed by atoms with Crippen LogP contribution in [-0.4, -0.2) is 22.2 Å². The summed E-state index contributed by atoms with van der Waals surface area (Å²) in [6.07, 6.45) is 9.00. The molecule has 3 rings (SSSR count). The zero-order chi connectivity index (χ0) is 13.5. The van der Waals surface area contributed by atoms with Crippen molar-refractivity contribution in [3.05, 3.63) is 21.4 Å². The van der Waals surface area contributed by atoms with Crippen LogP contribution in [0.15, 0.2) is 6.07 Å². The van der Waals surface area contributed by atoms with E-state index >= 15 is 0 Å². The van der Waals surface area contributed by atoms with Crippen LogP contribution >= 0.6 is 11.3 Å². The van der Waals surface area contributed by atoms with E-state index < -0.39 is 11.9 Å². The van der Waals surface area contributed by atoms with Crippen molar-refractivity contribution in [2.24, 2.45) is 0 Å². The molecule has 2 aliphatic rings. The molecule has 0 amide bonds. The highest BCUT2D eigenvalue weighted by Crippen LogP contribution is 2.21. The summed E-state index contributed by atoms with van der Waals surface area (Å²) in [5.74, 6) is -2.17. The van der Waals surface area contributed by atoms with Crippen molar-refractivity contribution < 1.29 is 19.8 Å². The standard InChI is InChI=1S/C7H6O4S.2C3H6/c1-3-2-4(6(8)9)12-5(3)7(10)11;2*1-2-3-1/h2H,1H3,(H,8,9)(H,10,11);2*1-3H2. The minimum Gasteiger partial charge on any atom is -0.477 e. The van der Waals surface area contributed by atoms with E-state index in [1.807, 2.05) is 0 Å². The molecule has 0 unspecified atom stereocenters. The molecular formula is C13H18O4S. The molecule has 1 aromatic rings. The molecule has 5 heteroatoms. The largest absolute Gasteiger partial charge is 0.477 e. The van der Waals surface area contributed by atoms with Crippen LogP contribution < -0.4 is 0 Å². The van der Waals surface area contributed by atoms with Crippen LogP contribution in [0.5, 0.6) is 0 Å². The molecule has 100 valence electrons. The molecule has 1 heterocycles. The Hall–Kier alpha value is -1.36. The van der Waals surface area contributed by atoms with Gasteiger partial charge in [-0.15, -0.1) is 11.3 Å². The number of aryl methyl sites for hydroxylation is 1. The Morgan fingerprint density at radius 2 is 1.44 bits per heavy atom. The number of hydrogen-bond acceptors (Lipinski definition) is 3. The number of carbonyl (C=O) groups is 2. The monoisotopic (exact) mass is 270 g/mol. The Labute approximate surface area is 110 Å². The van der Waals surface area contributed by atoms with Gasteiger partial charge < -0.3 is 10.2 Å². The maximum atomic E-state index is 10.5. The molecule has 0 radical (unpaired) electrons. The predicted molar refractivity (Wildman–Crippen MR) is 70.7 cm³/mol. The van der Waals surface area contributed by atoms with Crippen LogP contribution in [0.4, 0.5) is 0 Å². The Kier molecular flexibility index (Phi) is 5.85. The molecule has 0 spiro atoms. The first-order valence-electron chi connectivity index (χ1n) is 6.09. The second kappa shape index (κ2) is 7.16. The van der Waals surface area contributed by atoms with E-state index in [0.29, 0.717) is 5.56 Å². The summed E-state index contributed by atoms with van der Waals surface area (Å²) in [4.78, 5) is 21.0. The fraction of sp³-hybridized carbons (Fsp3) is 0.538. The summed E-state index contributed by atoms with van der Waals surface area (Å²) in [5, 5.41) is 17.1. The second-order valence-electron chi connectivity index (χ2n) is 4.35. The molecule has 1 aromatic heterocycles. The minimum atomic E-state index is -1.09. The van der Waals surface area contributed by atoms with Crippen molar-refractivity contribution in [3.8, 4) is 0 Å². The van der Waals surface area contributed by atoms with Gasteiger partial charge in [0.2, 0.25) is 0 Å². The van der Waals surface area contributed by atoms with E-state index in [0.717, 1.165) is 11.3 Å². The van der Waals surface area contributed by atoms with Gasteiger partial charge in [0, 0.05) is 0 Å². The lowest BCUT2D eigenvalue weighted by atomic mass is 10.3. The molecule has 2 fully saturated rings. The van der Waals surface area contributed by atoms with Gasteiger partial charge in [-0.1, -0.05) is 38.5 Å². The van der Waals surface area contributed by atoms with Crippen molar-refractivity contribution in [2.45, 2.75) is 45.4 Å². The van der Waals surface area contributed by atoms with E-state index in [1.54, 1.807) is 6.92 Å². The molecule has 4 nitrogen and oxygen atoms in total. The normalized spacial score (nSPS) is 14.5. The Balaban J connectivity index is 0.000000216. The Morgan fingerprint density at radius 1 is 1.00 bits per heavy atom. The SMILES string of the molecule is C1CC1.C1CC1.Cc1cc(C(=O)O)sc1C(=O)O. The zero-order valence-electron chi connectivity index (χ0n) is 10.4. The fourth-order valence-electron chi connectivity index (χ4n) is 0.800. The third kappa shape index (κ3) is 6.39. The summed E-state index contributed by atoms with van der Waals surface area (Å²) in [6, 6.07) is 1.36. The summed E-state index contributed by atoms with van der Waals surface area (Å²) in [7, 11) is 0. The van der Waals surface area contributed by atoms with Crippen LogP contribution in [0.3, 0.4) is 0 Å². The van der Waals surface area contributed by atoms with Gasteiger partial charge in [0.15, 0.2) is 0 Å². The first kappa shape index (κ1) is 14.7. The van der Waals surface area contributed by atoms with Gasteiger partial charge in [-0.3, -0.25) is 0 Å². The number of carboxylic acids is 2. The molecule has 2 saturated carbocycles. The highest BCUT2D eigenvalue weighted by atomic mass is 32.1. The molecule has 2 aliphatic carbocycles. The van der Waals surface area contributed by atoms with Crippen molar-refractivity contribution in [3.63, 3.8) is 0 Å². The average Bonchev–Trinajstić information content (AvgIpc) is 3.17. The average molecular weight is 270 g/mol. The number of hydrogen-bond donors (Lipinski definition) is 2. The minimum absolute atomic E-state index is 0.0601. The Bertz CT molecular complexity index is 407. The number of aromatic carboxylic acids is 2. The summed E-state index contributed by atoms with van der Waals surface area (Å²) >= 11 is 0.777. The van der Waals surface area contributed by atoms with Crippen LogP contribution in [0.25, 0.3) is 0 Å². The van der Waals surface area contributed by atoms with Crippen molar-refractivity contribution in [1.82, 2.24) is 0 Å². The highest BCUT2D eigenvalue weighted by Gasteiger charge is 2.15. The van der Waals surface area contributed by atoms with Crippen LogP contribution in [0, 0.1) is 6.92 Å². The van der Waals surface area contributed by atoms with Gasteiger partial charge in [-0.2, -0.15) is 0 Å². The third-order valence-corrected chi connectivity index (χ3v) is 3.24. The van der Waals surface area contributed by atoms with Crippen LogP contribution in [0.1, 0.15) is 63.4 Å². The summed E-state index contributed by atoms with van der Waals surface area (Å²) in [5.41, 5.74) is 0.491. The van der Waals surface area contributed by atoms with E-state index in [2.05, 4.69) is 0 Å². The smallest absolute Gasteiger partial charge is 0.346 e. The predicted octanol–water partition coefficient (Wildman–Crippen LogP) is 3.79. The first-order chi connectivity index (χ1) is 8.52. The number of carboxylic acid groups (broad SMARTS) is 2. The van der Waals surface area contributed by atoms with E-state index in [-0.39, 0.29) is 9.75 Å². The molecule has 0 atom stereocenters. The quantitative estimate of drug-likeness (QED) is 0.857. The van der Waals surface area contributed by atoms with Gasteiger partial charge >= 0.3 is 11.9 Å². The van der Waals surface area contributed by atoms with Crippen LogP contribution in [0.2, 0.25) is 0 Å². The van der Waals surface area contributed by atoms with Gasteiger partial charge in [0.1, 0.15) is 9.75 Å². The van der Waals surface area contributed by atoms with Crippen molar-refractivity contribution >= 4 is 23.3 Å². The van der Waals surface area contributed by atoms with E-state index in [4.69, 9.17) is 10.2 Å². The lowest BCUT2D eigenvalue weighted by Crippen LogP contribution is -1.93. The van der Waals surface area contributed by atoms with Gasteiger partial charge in [0.05, 0.1) is 0 Å². The van der Waals surface area contributed by atoms with Crippen molar-refractivity contribution in [2.75, 3.05) is 0 Å². The lowest BCUT2D eigenvalue weighted by molar-refractivity contribution is 0.0692. The molecule has 18 heavy (non-hydrogen) atoms. The van der Waals surface area contributed by atoms with Gasteiger partial charge in [-0.25, -0.2) is 9.59 Å². The second-order valence-corrected chi connectivity index (χ2v) is 5.41. The number of thiophene rings is 1. The third-order valence-electron chi connectivity index (χ3n) is 2.03. The maximum Gasteiger partial charge on any atom is 0.346 e. The first-order valence-corrected chi connectivity index (χ1v) is 6.91. The zero-order valence-corrected chi connectivity index (χ0v) is 11.3. The van der Waals surface area contributed by atoms with Gasteiger partial charge in [0.25, 0.3) is 0 Å². The molecule has 0 aliphatic heterocycles. The van der Waals surface area contributed by atoms with Gasteiger partial charge in [-0.05, 0) is 18.6 Å². The fourth-order valence-corrected chi connectivity index (χ4v) is 1.65. The number of rotatable bonds is 2. The summed E-state index contributed by atoms with van der Waals surface area (Å²) in [6.45, 7) is 1.58. The van der Waals surface area contributed by atoms with Crippen LogP contribution in [-0.2, 0) is 0 Å². The Morgan fingerprint density at radius 3 is 1.61 bits per heavy atom. The molecular weight excluding hydrogens is 252 g/mol. The topological polar surface area (TPSA) is 74.6 Å².